The van der Waals surface area contributed by atoms with E-state index < -0.39 is 10.8 Å². The van der Waals surface area contributed by atoms with Crippen molar-refractivity contribution in [1.29, 1.82) is 0 Å². The maximum Gasteiger partial charge on any atom is 0.271 e. The van der Waals surface area contributed by atoms with Crippen LogP contribution in [0.4, 0.5) is 11.4 Å². The van der Waals surface area contributed by atoms with Crippen LogP contribution in [0.1, 0.15) is 48.5 Å². The Hall–Kier alpha value is -3.22. The number of amides is 1. The summed E-state index contributed by atoms with van der Waals surface area (Å²) in [5, 5.41) is 15.0. The largest absolute Gasteiger partial charge is 0.372 e. The van der Waals surface area contributed by atoms with Gasteiger partial charge < -0.3 is 4.90 Å². The monoisotopic (exact) mass is 380 g/mol. The first kappa shape index (κ1) is 19.5. The second kappa shape index (κ2) is 9.12. The highest BCUT2D eigenvalue weighted by molar-refractivity contribution is 6.01. The Labute approximate surface area is 164 Å². The lowest BCUT2D eigenvalue weighted by atomic mass is 10.1. The number of rotatable bonds is 5. The first-order chi connectivity index (χ1) is 13.5. The Morgan fingerprint density at radius 1 is 1.04 bits per heavy atom. The summed E-state index contributed by atoms with van der Waals surface area (Å²) < 4.78 is 0. The molecule has 2 aromatic carbocycles. The summed E-state index contributed by atoms with van der Waals surface area (Å²) in [5.41, 5.74) is 5.32. The number of benzene rings is 2. The molecular formula is C21H24N4O3. The number of hydrazone groups is 1. The molecular weight excluding hydrogens is 356 g/mol. The van der Waals surface area contributed by atoms with E-state index in [1.807, 2.05) is 19.1 Å². The van der Waals surface area contributed by atoms with Crippen molar-refractivity contribution >= 4 is 23.0 Å². The van der Waals surface area contributed by atoms with Gasteiger partial charge in [-0.2, -0.15) is 5.10 Å². The Balaban J connectivity index is 1.65. The molecule has 146 valence electrons. The Bertz CT molecular complexity index is 869. The molecule has 1 aliphatic heterocycles. The fourth-order valence-electron chi connectivity index (χ4n) is 3.27. The number of nitro benzene ring substituents is 1. The lowest BCUT2D eigenvalue weighted by Crippen LogP contribution is -2.23. The van der Waals surface area contributed by atoms with Crippen molar-refractivity contribution in [3.05, 3.63) is 69.8 Å². The van der Waals surface area contributed by atoms with Gasteiger partial charge in [0, 0.05) is 36.5 Å². The smallest absolute Gasteiger partial charge is 0.271 e. The molecule has 1 saturated heterocycles. The van der Waals surface area contributed by atoms with E-state index in [-0.39, 0.29) is 11.3 Å². The summed E-state index contributed by atoms with van der Waals surface area (Å²) in [6, 6.07) is 13.7. The van der Waals surface area contributed by atoms with E-state index in [4.69, 9.17) is 0 Å². The summed E-state index contributed by atoms with van der Waals surface area (Å²) in [4.78, 5) is 24.9. The van der Waals surface area contributed by atoms with Gasteiger partial charge in [-0.3, -0.25) is 14.9 Å². The van der Waals surface area contributed by atoms with Gasteiger partial charge in [0.2, 0.25) is 0 Å². The third-order valence-corrected chi connectivity index (χ3v) is 4.90. The van der Waals surface area contributed by atoms with E-state index in [2.05, 4.69) is 27.6 Å². The van der Waals surface area contributed by atoms with E-state index in [1.165, 1.54) is 55.6 Å². The molecule has 1 aliphatic rings. The minimum atomic E-state index is -0.531. The molecule has 28 heavy (non-hydrogen) atoms. The lowest BCUT2D eigenvalue weighted by molar-refractivity contribution is -0.384. The van der Waals surface area contributed by atoms with Crippen LogP contribution in [0.5, 0.6) is 0 Å². The SMILES string of the molecule is CC(=NNC(=O)c1cccc([N+](=O)[O-])c1)c1ccc(N2CCCCCC2)cc1. The van der Waals surface area contributed by atoms with Crippen molar-refractivity contribution in [3.63, 3.8) is 0 Å². The van der Waals surface area contributed by atoms with Crippen LogP contribution in [0.2, 0.25) is 0 Å². The maximum absolute atomic E-state index is 12.2. The van der Waals surface area contributed by atoms with Crippen molar-refractivity contribution in [2.75, 3.05) is 18.0 Å². The zero-order valence-electron chi connectivity index (χ0n) is 15.9. The van der Waals surface area contributed by atoms with Gasteiger partial charge in [0.15, 0.2) is 0 Å². The molecule has 7 nitrogen and oxygen atoms in total. The molecule has 0 aliphatic carbocycles. The Morgan fingerprint density at radius 2 is 1.71 bits per heavy atom. The molecule has 1 N–H and O–H groups in total. The van der Waals surface area contributed by atoms with Crippen LogP contribution in [-0.2, 0) is 0 Å². The number of non-ortho nitro benzene ring substituents is 1. The van der Waals surface area contributed by atoms with Gasteiger partial charge in [0.05, 0.1) is 10.6 Å². The molecule has 0 bridgehead atoms. The van der Waals surface area contributed by atoms with Crippen molar-refractivity contribution in [2.24, 2.45) is 5.10 Å². The molecule has 0 aromatic heterocycles. The molecule has 1 amide bonds. The van der Waals surface area contributed by atoms with Crippen LogP contribution < -0.4 is 10.3 Å². The number of carbonyl (C=O) groups is 1. The van der Waals surface area contributed by atoms with E-state index in [0.717, 1.165) is 18.7 Å². The molecule has 3 rings (SSSR count). The molecule has 0 saturated carbocycles. The zero-order chi connectivity index (χ0) is 19.9. The molecule has 0 spiro atoms. The van der Waals surface area contributed by atoms with Gasteiger partial charge in [0.1, 0.15) is 0 Å². The fraction of sp³-hybridized carbons (Fsp3) is 0.333. The van der Waals surface area contributed by atoms with E-state index >= 15 is 0 Å². The lowest BCUT2D eigenvalue weighted by Gasteiger charge is -2.22. The fourth-order valence-corrected chi connectivity index (χ4v) is 3.27. The van der Waals surface area contributed by atoms with Gasteiger partial charge in [-0.25, -0.2) is 5.43 Å². The van der Waals surface area contributed by atoms with Crippen molar-refractivity contribution in [2.45, 2.75) is 32.6 Å². The molecule has 7 heteroatoms. The number of hydrogen-bond acceptors (Lipinski definition) is 5. The second-order valence-corrected chi connectivity index (χ2v) is 6.89. The number of carbonyl (C=O) groups excluding carboxylic acids is 1. The second-order valence-electron chi connectivity index (χ2n) is 6.89. The van der Waals surface area contributed by atoms with Crippen LogP contribution in [-0.4, -0.2) is 29.6 Å². The highest BCUT2D eigenvalue weighted by atomic mass is 16.6. The zero-order valence-corrected chi connectivity index (χ0v) is 15.9. The quantitative estimate of drug-likeness (QED) is 0.480. The summed E-state index contributed by atoms with van der Waals surface area (Å²) >= 11 is 0. The predicted octanol–water partition coefficient (Wildman–Crippen LogP) is 4.13. The predicted molar refractivity (Wildman–Crippen MR) is 110 cm³/mol. The van der Waals surface area contributed by atoms with Crippen LogP contribution >= 0.6 is 0 Å². The Morgan fingerprint density at radius 3 is 2.36 bits per heavy atom. The van der Waals surface area contributed by atoms with Crippen molar-refractivity contribution in [3.8, 4) is 0 Å². The molecule has 1 heterocycles. The van der Waals surface area contributed by atoms with Gasteiger partial charge in [0.25, 0.3) is 11.6 Å². The summed E-state index contributed by atoms with van der Waals surface area (Å²) in [5.74, 6) is -0.482. The summed E-state index contributed by atoms with van der Waals surface area (Å²) in [6.07, 6.45) is 5.05. The standard InChI is InChI=1S/C21H24N4O3/c1-16(22-23-21(26)18-7-6-8-20(15-18)25(27)28)17-9-11-19(12-10-17)24-13-4-2-3-5-14-24/h6-12,15H,2-5,13-14H2,1H3,(H,23,26). The Kier molecular flexibility index (Phi) is 6.37. The average molecular weight is 380 g/mol. The van der Waals surface area contributed by atoms with Crippen LogP contribution in [0, 0.1) is 10.1 Å². The molecule has 0 unspecified atom stereocenters. The van der Waals surface area contributed by atoms with Crippen LogP contribution in [0.25, 0.3) is 0 Å². The van der Waals surface area contributed by atoms with Gasteiger partial charge in [-0.05, 0) is 43.5 Å². The number of anilines is 1. The first-order valence-electron chi connectivity index (χ1n) is 9.49. The van der Waals surface area contributed by atoms with E-state index in [0.29, 0.717) is 5.71 Å². The van der Waals surface area contributed by atoms with Crippen LogP contribution in [0.15, 0.2) is 53.6 Å². The number of nitro groups is 1. The first-order valence-corrected chi connectivity index (χ1v) is 9.49. The van der Waals surface area contributed by atoms with Gasteiger partial charge in [-0.15, -0.1) is 0 Å². The highest BCUT2D eigenvalue weighted by Gasteiger charge is 2.12. The van der Waals surface area contributed by atoms with Crippen molar-refractivity contribution in [1.82, 2.24) is 5.43 Å². The normalized spacial score (nSPS) is 15.0. The van der Waals surface area contributed by atoms with E-state index in [1.54, 1.807) is 0 Å². The summed E-state index contributed by atoms with van der Waals surface area (Å²) in [6.45, 7) is 3.99. The number of nitrogens with zero attached hydrogens (tertiary/aromatic N) is 3. The summed E-state index contributed by atoms with van der Waals surface area (Å²) in [7, 11) is 0. The van der Waals surface area contributed by atoms with Gasteiger partial charge >= 0.3 is 0 Å². The highest BCUT2D eigenvalue weighted by Crippen LogP contribution is 2.20. The molecule has 0 atom stereocenters. The van der Waals surface area contributed by atoms with Crippen molar-refractivity contribution < 1.29 is 9.72 Å². The van der Waals surface area contributed by atoms with E-state index in [9.17, 15) is 14.9 Å². The molecule has 1 fully saturated rings. The minimum absolute atomic E-state index is 0.127. The third-order valence-electron chi connectivity index (χ3n) is 4.90. The number of nitrogens with one attached hydrogen (secondary N) is 1. The molecule has 2 aromatic rings. The molecule has 0 radical (unpaired) electrons. The maximum atomic E-state index is 12.2. The third kappa shape index (κ3) is 4.94. The minimum Gasteiger partial charge on any atom is -0.372 e. The van der Waals surface area contributed by atoms with Gasteiger partial charge in [-0.1, -0.05) is 31.0 Å². The topological polar surface area (TPSA) is 87.8 Å². The average Bonchev–Trinajstić information content (AvgIpc) is 3.01. The van der Waals surface area contributed by atoms with Crippen LogP contribution in [0.3, 0.4) is 0 Å². The number of hydrogen-bond donors (Lipinski definition) is 1.